The number of amidine groups is 1. The van der Waals surface area contributed by atoms with E-state index in [1.165, 1.54) is 5.56 Å². The molecule has 0 spiro atoms. The number of carbonyl (C=O) groups excluding carboxylic acids is 1. The minimum Gasteiger partial charge on any atom is -0.309 e. The molecule has 1 heterocycles. The summed E-state index contributed by atoms with van der Waals surface area (Å²) in [7, 11) is 0. The molecule has 0 aliphatic carbocycles. The van der Waals surface area contributed by atoms with Crippen molar-refractivity contribution < 1.29 is 4.79 Å². The highest BCUT2D eigenvalue weighted by Gasteiger charge is 2.16. The first-order valence-corrected chi connectivity index (χ1v) is 4.80. The fourth-order valence-electron chi connectivity index (χ4n) is 1.41. The molecule has 1 aromatic rings. The van der Waals surface area contributed by atoms with E-state index in [0.717, 1.165) is 5.56 Å². The van der Waals surface area contributed by atoms with Gasteiger partial charge in [0.1, 0.15) is 11.5 Å². The van der Waals surface area contributed by atoms with Crippen LogP contribution in [0.4, 0.5) is 0 Å². The number of aliphatic imine (C=N–C) groups is 1. The van der Waals surface area contributed by atoms with Gasteiger partial charge in [0.15, 0.2) is 0 Å². The molecule has 3 heteroatoms. The van der Waals surface area contributed by atoms with Crippen LogP contribution in [0.5, 0.6) is 0 Å². The first-order chi connectivity index (χ1) is 7.15. The van der Waals surface area contributed by atoms with Gasteiger partial charge in [0.05, 0.1) is 0 Å². The summed E-state index contributed by atoms with van der Waals surface area (Å²) in [6.45, 7) is 3.80. The molecule has 1 amide bonds. The van der Waals surface area contributed by atoms with Crippen LogP contribution in [-0.4, -0.2) is 11.7 Å². The van der Waals surface area contributed by atoms with Crippen LogP contribution in [0.2, 0.25) is 0 Å². The quantitative estimate of drug-likeness (QED) is 0.691. The third-order valence-corrected chi connectivity index (χ3v) is 2.20. The molecule has 0 saturated carbocycles. The van der Waals surface area contributed by atoms with Crippen molar-refractivity contribution in [3.8, 4) is 0 Å². The molecule has 0 atom stereocenters. The highest BCUT2D eigenvalue weighted by atomic mass is 16.2. The predicted octanol–water partition coefficient (Wildman–Crippen LogP) is 1.88. The Morgan fingerprint density at radius 2 is 1.87 bits per heavy atom. The van der Waals surface area contributed by atoms with Crippen LogP contribution >= 0.6 is 0 Å². The molecule has 3 nitrogen and oxygen atoms in total. The number of hydrogen-bond donors (Lipinski definition) is 1. The Morgan fingerprint density at radius 3 is 2.40 bits per heavy atom. The number of aryl methyl sites for hydroxylation is 1. The first kappa shape index (κ1) is 9.65. The highest BCUT2D eigenvalue weighted by molar-refractivity contribution is 6.13. The van der Waals surface area contributed by atoms with Crippen LogP contribution < -0.4 is 5.32 Å². The second-order valence-corrected chi connectivity index (χ2v) is 3.59. The Morgan fingerprint density at radius 1 is 1.20 bits per heavy atom. The largest absolute Gasteiger partial charge is 0.309 e. The summed E-state index contributed by atoms with van der Waals surface area (Å²) in [5.74, 6) is 0.520. The number of nitrogens with zero attached hydrogens (tertiary/aromatic N) is 1. The fraction of sp³-hybridized carbons (Fsp3) is 0.167. The van der Waals surface area contributed by atoms with Crippen molar-refractivity contribution in [1.29, 1.82) is 0 Å². The van der Waals surface area contributed by atoms with Crippen LogP contribution in [0.25, 0.3) is 6.08 Å². The lowest BCUT2D eigenvalue weighted by atomic mass is 10.1. The molecular weight excluding hydrogens is 188 g/mol. The Balaban J connectivity index is 2.31. The molecule has 0 radical (unpaired) electrons. The Labute approximate surface area is 88.5 Å². The molecule has 0 aromatic heterocycles. The second kappa shape index (κ2) is 3.69. The van der Waals surface area contributed by atoms with E-state index in [0.29, 0.717) is 11.5 Å². The standard InChI is InChI=1S/C12H12N2O/c1-8-3-5-10(6-4-8)7-11-12(15)14-9(2)13-11/h3-7H,1-2H3,(H,13,14,15)/b11-7-. The van der Waals surface area contributed by atoms with Gasteiger partial charge < -0.3 is 5.32 Å². The van der Waals surface area contributed by atoms with Crippen molar-refractivity contribution >= 4 is 17.8 Å². The SMILES string of the molecule is CC1=N/C(=C\c2ccc(C)cc2)C(=O)N1. The summed E-state index contributed by atoms with van der Waals surface area (Å²) in [5, 5.41) is 2.64. The van der Waals surface area contributed by atoms with E-state index in [-0.39, 0.29) is 5.91 Å². The van der Waals surface area contributed by atoms with E-state index < -0.39 is 0 Å². The van der Waals surface area contributed by atoms with E-state index in [4.69, 9.17) is 0 Å². The lowest BCUT2D eigenvalue weighted by molar-refractivity contribution is -0.115. The van der Waals surface area contributed by atoms with Gasteiger partial charge in [0, 0.05) is 0 Å². The molecule has 1 aromatic carbocycles. The van der Waals surface area contributed by atoms with Gasteiger partial charge in [-0.3, -0.25) is 4.79 Å². The van der Waals surface area contributed by atoms with Gasteiger partial charge in [-0.2, -0.15) is 0 Å². The zero-order valence-electron chi connectivity index (χ0n) is 8.74. The average Bonchev–Trinajstić information content (AvgIpc) is 2.49. The van der Waals surface area contributed by atoms with E-state index in [1.54, 1.807) is 13.0 Å². The number of rotatable bonds is 1. The topological polar surface area (TPSA) is 41.5 Å². The van der Waals surface area contributed by atoms with Gasteiger partial charge in [-0.1, -0.05) is 29.8 Å². The smallest absolute Gasteiger partial charge is 0.275 e. The molecule has 1 aliphatic rings. The Bertz CT molecular complexity index is 455. The molecule has 0 saturated heterocycles. The number of nitrogens with one attached hydrogen (secondary N) is 1. The van der Waals surface area contributed by atoms with E-state index in [2.05, 4.69) is 10.3 Å². The first-order valence-electron chi connectivity index (χ1n) is 4.80. The molecule has 0 bridgehead atoms. The summed E-state index contributed by atoms with van der Waals surface area (Å²) in [6, 6.07) is 7.96. The van der Waals surface area contributed by atoms with Crippen molar-refractivity contribution in [2.45, 2.75) is 13.8 Å². The maximum atomic E-state index is 11.4. The molecule has 76 valence electrons. The van der Waals surface area contributed by atoms with E-state index in [9.17, 15) is 4.79 Å². The molecule has 1 N–H and O–H groups in total. The third kappa shape index (κ3) is 2.13. The van der Waals surface area contributed by atoms with Gasteiger partial charge in [-0.05, 0) is 25.5 Å². The Kier molecular flexibility index (Phi) is 2.37. The van der Waals surface area contributed by atoms with E-state index >= 15 is 0 Å². The van der Waals surface area contributed by atoms with Gasteiger partial charge in [0.2, 0.25) is 0 Å². The van der Waals surface area contributed by atoms with Crippen molar-refractivity contribution in [2.75, 3.05) is 0 Å². The molecule has 0 fully saturated rings. The Hall–Kier alpha value is -1.90. The molecule has 0 unspecified atom stereocenters. The van der Waals surface area contributed by atoms with Crippen LogP contribution in [0, 0.1) is 6.92 Å². The maximum Gasteiger partial charge on any atom is 0.275 e. The van der Waals surface area contributed by atoms with Crippen molar-refractivity contribution in [3.63, 3.8) is 0 Å². The highest BCUT2D eigenvalue weighted by Crippen LogP contribution is 2.12. The minimum atomic E-state index is -0.131. The molecule has 2 rings (SSSR count). The van der Waals surface area contributed by atoms with Crippen LogP contribution in [0.1, 0.15) is 18.1 Å². The van der Waals surface area contributed by atoms with Crippen LogP contribution in [-0.2, 0) is 4.79 Å². The third-order valence-electron chi connectivity index (χ3n) is 2.20. The summed E-state index contributed by atoms with van der Waals surface area (Å²) in [6.07, 6.45) is 1.78. The molecule has 15 heavy (non-hydrogen) atoms. The minimum absolute atomic E-state index is 0.131. The van der Waals surface area contributed by atoms with Gasteiger partial charge in [-0.25, -0.2) is 4.99 Å². The number of benzene rings is 1. The normalized spacial score (nSPS) is 17.9. The van der Waals surface area contributed by atoms with Gasteiger partial charge >= 0.3 is 0 Å². The van der Waals surface area contributed by atoms with Crippen molar-refractivity contribution in [2.24, 2.45) is 4.99 Å². The monoisotopic (exact) mass is 200 g/mol. The van der Waals surface area contributed by atoms with Crippen LogP contribution in [0.15, 0.2) is 35.0 Å². The maximum absolute atomic E-state index is 11.4. The lowest BCUT2D eigenvalue weighted by Crippen LogP contribution is -2.21. The van der Waals surface area contributed by atoms with Crippen molar-refractivity contribution in [1.82, 2.24) is 5.32 Å². The van der Waals surface area contributed by atoms with Crippen LogP contribution in [0.3, 0.4) is 0 Å². The average molecular weight is 200 g/mol. The second-order valence-electron chi connectivity index (χ2n) is 3.59. The van der Waals surface area contributed by atoms with Gasteiger partial charge in [0.25, 0.3) is 5.91 Å². The molecular formula is C12H12N2O. The van der Waals surface area contributed by atoms with Crippen molar-refractivity contribution in [3.05, 3.63) is 41.1 Å². The zero-order valence-corrected chi connectivity index (χ0v) is 8.74. The predicted molar refractivity (Wildman–Crippen MR) is 60.4 cm³/mol. The summed E-state index contributed by atoms with van der Waals surface area (Å²) in [4.78, 5) is 15.5. The number of carbonyl (C=O) groups is 1. The summed E-state index contributed by atoms with van der Waals surface area (Å²) >= 11 is 0. The zero-order chi connectivity index (χ0) is 10.8. The summed E-state index contributed by atoms with van der Waals surface area (Å²) in [5.41, 5.74) is 2.66. The lowest BCUT2D eigenvalue weighted by Gasteiger charge is -1.95. The number of hydrogen-bond acceptors (Lipinski definition) is 2. The number of amides is 1. The van der Waals surface area contributed by atoms with E-state index in [1.807, 2.05) is 31.2 Å². The fourth-order valence-corrected chi connectivity index (χ4v) is 1.41. The summed E-state index contributed by atoms with van der Waals surface area (Å²) < 4.78 is 0. The molecule has 1 aliphatic heterocycles. The van der Waals surface area contributed by atoms with Gasteiger partial charge in [-0.15, -0.1) is 0 Å².